The van der Waals surface area contributed by atoms with E-state index in [1.165, 1.54) is 0 Å². The summed E-state index contributed by atoms with van der Waals surface area (Å²) >= 11 is 0. The number of aromatic amines is 1. The summed E-state index contributed by atoms with van der Waals surface area (Å²) in [7, 11) is -3.88. The second-order valence-corrected chi connectivity index (χ2v) is 6.71. The number of sulfonamides is 1. The van der Waals surface area contributed by atoms with Gasteiger partial charge in [-0.05, 0) is 31.5 Å². The molecule has 0 saturated heterocycles. The van der Waals surface area contributed by atoms with E-state index < -0.39 is 16.0 Å². The van der Waals surface area contributed by atoms with Gasteiger partial charge in [0.25, 0.3) is 10.0 Å². The average Bonchev–Trinajstić information content (AvgIpc) is 2.98. The summed E-state index contributed by atoms with van der Waals surface area (Å²) in [6.07, 6.45) is 1.98. The molecule has 23 heavy (non-hydrogen) atoms. The van der Waals surface area contributed by atoms with Crippen LogP contribution in [-0.4, -0.2) is 30.6 Å². The van der Waals surface area contributed by atoms with Gasteiger partial charge in [0, 0.05) is 12.3 Å². The molecule has 1 unspecified atom stereocenters. The first kappa shape index (κ1) is 16.9. The monoisotopic (exact) mass is 338 g/mol. The molecule has 0 radical (unpaired) electrons. The Morgan fingerprint density at radius 3 is 2.74 bits per heavy atom. The molecule has 2 aromatic rings. The topological polar surface area (TPSA) is 108 Å². The third kappa shape index (κ3) is 4.26. The standard InChI is InChI=1S/C15H18N2O5S/c1-3-10(2)22-12-6-4-5-11(7-12)17-23(20,21)13-8-14(15(18)19)16-9-13/h4-10,16-17H,3H2,1-2H3,(H,18,19). The minimum atomic E-state index is -3.88. The summed E-state index contributed by atoms with van der Waals surface area (Å²) in [6.45, 7) is 3.91. The van der Waals surface area contributed by atoms with Crippen molar-refractivity contribution in [2.24, 2.45) is 0 Å². The van der Waals surface area contributed by atoms with E-state index in [4.69, 9.17) is 9.84 Å². The Morgan fingerprint density at radius 2 is 2.13 bits per heavy atom. The summed E-state index contributed by atoms with van der Waals surface area (Å²) in [6, 6.07) is 7.64. The van der Waals surface area contributed by atoms with Crippen LogP contribution in [0.5, 0.6) is 5.75 Å². The van der Waals surface area contributed by atoms with Gasteiger partial charge in [0.1, 0.15) is 16.3 Å². The maximum Gasteiger partial charge on any atom is 0.352 e. The Bertz CT molecular complexity index is 798. The number of rotatable bonds is 7. The molecule has 0 saturated carbocycles. The molecular formula is C15H18N2O5S. The molecule has 0 amide bonds. The molecule has 0 spiro atoms. The number of anilines is 1. The van der Waals surface area contributed by atoms with Crippen molar-refractivity contribution >= 4 is 21.7 Å². The number of nitrogens with one attached hydrogen (secondary N) is 2. The highest BCUT2D eigenvalue weighted by Crippen LogP contribution is 2.22. The van der Waals surface area contributed by atoms with Crippen molar-refractivity contribution < 1.29 is 23.1 Å². The van der Waals surface area contributed by atoms with E-state index in [0.717, 1.165) is 18.7 Å². The van der Waals surface area contributed by atoms with Crippen molar-refractivity contribution in [3.05, 3.63) is 42.2 Å². The highest BCUT2D eigenvalue weighted by Gasteiger charge is 2.18. The van der Waals surface area contributed by atoms with Crippen LogP contribution in [-0.2, 0) is 10.0 Å². The Kier molecular flexibility index (Phi) is 4.95. The maximum atomic E-state index is 12.3. The maximum absolute atomic E-state index is 12.3. The number of aromatic carboxylic acids is 1. The average molecular weight is 338 g/mol. The zero-order valence-corrected chi connectivity index (χ0v) is 13.6. The van der Waals surface area contributed by atoms with E-state index >= 15 is 0 Å². The summed E-state index contributed by atoms with van der Waals surface area (Å²) in [5, 5.41) is 8.83. The van der Waals surface area contributed by atoms with E-state index in [9.17, 15) is 13.2 Å². The number of ether oxygens (including phenoxy) is 1. The van der Waals surface area contributed by atoms with Crippen molar-refractivity contribution in [1.29, 1.82) is 0 Å². The predicted molar refractivity (Wildman–Crippen MR) is 85.4 cm³/mol. The largest absolute Gasteiger partial charge is 0.491 e. The number of carboxylic acid groups (broad SMARTS) is 1. The third-order valence-electron chi connectivity index (χ3n) is 3.20. The number of hydrogen-bond donors (Lipinski definition) is 3. The van der Waals surface area contributed by atoms with Crippen LogP contribution in [0.2, 0.25) is 0 Å². The van der Waals surface area contributed by atoms with E-state index in [1.807, 2.05) is 13.8 Å². The van der Waals surface area contributed by atoms with Crippen molar-refractivity contribution in [3.63, 3.8) is 0 Å². The number of hydrogen-bond acceptors (Lipinski definition) is 4. The van der Waals surface area contributed by atoms with E-state index in [2.05, 4.69) is 9.71 Å². The van der Waals surface area contributed by atoms with Crippen LogP contribution in [0.1, 0.15) is 30.8 Å². The molecule has 8 heteroatoms. The molecule has 0 aliphatic rings. The van der Waals surface area contributed by atoms with E-state index in [-0.39, 0.29) is 16.7 Å². The van der Waals surface area contributed by atoms with E-state index in [1.54, 1.807) is 24.3 Å². The van der Waals surface area contributed by atoms with Crippen LogP contribution >= 0.6 is 0 Å². The second kappa shape index (κ2) is 6.74. The number of benzene rings is 1. The molecule has 1 aromatic heterocycles. The lowest BCUT2D eigenvalue weighted by Gasteiger charge is -2.14. The molecule has 0 aliphatic heterocycles. The molecule has 124 valence electrons. The van der Waals surface area contributed by atoms with Gasteiger partial charge in [-0.2, -0.15) is 0 Å². The lowest BCUT2D eigenvalue weighted by Crippen LogP contribution is -2.13. The predicted octanol–water partition coefficient (Wildman–Crippen LogP) is 2.69. The van der Waals surface area contributed by atoms with Gasteiger partial charge < -0.3 is 14.8 Å². The molecule has 0 aliphatic carbocycles. The van der Waals surface area contributed by atoms with Crippen molar-refractivity contribution in [3.8, 4) is 5.75 Å². The molecule has 1 aromatic carbocycles. The van der Waals surface area contributed by atoms with Crippen LogP contribution < -0.4 is 9.46 Å². The highest BCUT2D eigenvalue weighted by molar-refractivity contribution is 7.92. The summed E-state index contributed by atoms with van der Waals surface area (Å²) in [5.74, 6) is -0.671. The van der Waals surface area contributed by atoms with Crippen LogP contribution in [0.4, 0.5) is 5.69 Å². The quantitative estimate of drug-likeness (QED) is 0.719. The van der Waals surface area contributed by atoms with Crippen molar-refractivity contribution in [2.75, 3.05) is 4.72 Å². The summed E-state index contributed by atoms with van der Waals surface area (Å²) < 4.78 is 32.6. The molecule has 0 bridgehead atoms. The molecule has 7 nitrogen and oxygen atoms in total. The first-order valence-electron chi connectivity index (χ1n) is 7.03. The minimum absolute atomic E-state index is 0.0182. The van der Waals surface area contributed by atoms with Crippen molar-refractivity contribution in [1.82, 2.24) is 4.98 Å². The molecule has 1 atom stereocenters. The molecule has 0 fully saturated rings. The second-order valence-electron chi connectivity index (χ2n) is 5.02. The van der Waals surface area contributed by atoms with Crippen LogP contribution in [0.3, 0.4) is 0 Å². The zero-order chi connectivity index (χ0) is 17.0. The van der Waals surface area contributed by atoms with Crippen LogP contribution in [0.15, 0.2) is 41.4 Å². The fraction of sp³-hybridized carbons (Fsp3) is 0.267. The summed E-state index contributed by atoms with van der Waals surface area (Å²) in [5.41, 5.74) is 0.142. The van der Waals surface area contributed by atoms with Crippen LogP contribution in [0.25, 0.3) is 0 Å². The fourth-order valence-electron chi connectivity index (χ4n) is 1.82. The summed E-state index contributed by atoms with van der Waals surface area (Å²) in [4.78, 5) is 13.1. The molecule has 3 N–H and O–H groups in total. The Balaban J connectivity index is 2.19. The van der Waals surface area contributed by atoms with Gasteiger partial charge in [-0.15, -0.1) is 0 Å². The lowest BCUT2D eigenvalue weighted by molar-refractivity contribution is 0.0691. The van der Waals surface area contributed by atoms with Crippen molar-refractivity contribution in [2.45, 2.75) is 31.3 Å². The smallest absolute Gasteiger partial charge is 0.352 e. The Morgan fingerprint density at radius 1 is 1.39 bits per heavy atom. The normalized spacial score (nSPS) is 12.6. The Hall–Kier alpha value is -2.48. The van der Waals surface area contributed by atoms with Crippen LogP contribution in [0, 0.1) is 0 Å². The van der Waals surface area contributed by atoms with Gasteiger partial charge in [-0.3, -0.25) is 4.72 Å². The molecular weight excluding hydrogens is 320 g/mol. The lowest BCUT2D eigenvalue weighted by atomic mass is 10.3. The molecule has 2 rings (SSSR count). The van der Waals surface area contributed by atoms with Gasteiger partial charge in [-0.25, -0.2) is 13.2 Å². The van der Waals surface area contributed by atoms with Gasteiger partial charge in [0.15, 0.2) is 0 Å². The Labute approximate surface area is 134 Å². The van der Waals surface area contributed by atoms with Gasteiger partial charge >= 0.3 is 5.97 Å². The first-order chi connectivity index (χ1) is 10.8. The first-order valence-corrected chi connectivity index (χ1v) is 8.51. The number of aromatic nitrogens is 1. The van der Waals surface area contributed by atoms with E-state index in [0.29, 0.717) is 11.4 Å². The zero-order valence-electron chi connectivity index (χ0n) is 12.7. The molecule has 1 heterocycles. The highest BCUT2D eigenvalue weighted by atomic mass is 32.2. The number of carbonyl (C=O) groups is 1. The minimum Gasteiger partial charge on any atom is -0.491 e. The van der Waals surface area contributed by atoms with Gasteiger partial charge in [0.2, 0.25) is 0 Å². The SMILES string of the molecule is CCC(C)Oc1cccc(NS(=O)(=O)c2c[nH]c(C(=O)O)c2)c1. The number of H-pyrrole nitrogens is 1. The van der Waals surface area contributed by atoms with Gasteiger partial charge in [-0.1, -0.05) is 13.0 Å². The third-order valence-corrected chi connectivity index (χ3v) is 4.56. The fourth-order valence-corrected chi connectivity index (χ4v) is 2.86. The van der Waals surface area contributed by atoms with Gasteiger partial charge in [0.05, 0.1) is 11.8 Å². The number of carboxylic acids is 1.